The Bertz CT molecular complexity index is 298. The van der Waals surface area contributed by atoms with E-state index in [2.05, 4.69) is 19.2 Å². The van der Waals surface area contributed by atoms with E-state index in [1.165, 1.54) is 6.07 Å². The maximum Gasteiger partial charge on any atom is 0.123 e. The molecule has 2 unspecified atom stereocenters. The van der Waals surface area contributed by atoms with Crippen LogP contribution in [0.15, 0.2) is 24.3 Å². The number of nitrogens with one attached hydrogen (secondary N) is 1. The van der Waals surface area contributed by atoms with Crippen LogP contribution in [-0.2, 0) is 0 Å². The normalized spacial score (nSPS) is 14.9. The van der Waals surface area contributed by atoms with E-state index in [9.17, 15) is 4.39 Å². The molecule has 1 aromatic rings. The summed E-state index contributed by atoms with van der Waals surface area (Å²) in [6, 6.07) is 7.11. The summed E-state index contributed by atoms with van der Waals surface area (Å²) < 4.78 is 13.1. The van der Waals surface area contributed by atoms with Gasteiger partial charge in [0.1, 0.15) is 5.82 Å². The summed E-state index contributed by atoms with van der Waals surface area (Å²) in [6.45, 7) is 4.41. The van der Waals surface area contributed by atoms with E-state index < -0.39 is 0 Å². The number of halogens is 1. The van der Waals surface area contributed by atoms with Crippen LogP contribution in [0.2, 0.25) is 0 Å². The van der Waals surface area contributed by atoms with Crippen LogP contribution in [0.25, 0.3) is 0 Å². The van der Waals surface area contributed by atoms with E-state index in [1.54, 1.807) is 12.1 Å². The predicted molar refractivity (Wildman–Crippen MR) is 62.3 cm³/mol. The van der Waals surface area contributed by atoms with Crippen molar-refractivity contribution in [2.45, 2.75) is 32.7 Å². The minimum absolute atomic E-state index is 0.156. The van der Waals surface area contributed by atoms with Gasteiger partial charge in [0, 0.05) is 6.04 Å². The topological polar surface area (TPSA) is 12.0 Å². The van der Waals surface area contributed by atoms with Crippen LogP contribution in [0.1, 0.15) is 38.3 Å². The van der Waals surface area contributed by atoms with Gasteiger partial charge in [-0.3, -0.25) is 0 Å². The first kappa shape index (κ1) is 12.2. The predicted octanol–water partition coefficient (Wildman–Crippen LogP) is 3.52. The summed E-state index contributed by atoms with van der Waals surface area (Å²) in [4.78, 5) is 0. The molecule has 1 rings (SSSR count). The van der Waals surface area contributed by atoms with E-state index in [-0.39, 0.29) is 11.9 Å². The van der Waals surface area contributed by atoms with E-state index in [1.807, 2.05) is 13.1 Å². The van der Waals surface area contributed by atoms with Crippen molar-refractivity contribution in [2.75, 3.05) is 7.05 Å². The fourth-order valence-corrected chi connectivity index (χ4v) is 1.71. The van der Waals surface area contributed by atoms with Gasteiger partial charge in [-0.1, -0.05) is 32.4 Å². The van der Waals surface area contributed by atoms with Gasteiger partial charge in [0.15, 0.2) is 0 Å². The zero-order chi connectivity index (χ0) is 11.3. The van der Waals surface area contributed by atoms with Crippen molar-refractivity contribution in [3.05, 3.63) is 35.6 Å². The van der Waals surface area contributed by atoms with E-state index in [4.69, 9.17) is 0 Å². The molecule has 84 valence electrons. The molecule has 0 fully saturated rings. The summed E-state index contributed by atoms with van der Waals surface area (Å²) in [6.07, 6.45) is 2.21. The number of hydrogen-bond donors (Lipinski definition) is 1. The molecular formula is C13H20FN. The van der Waals surface area contributed by atoms with Crippen molar-refractivity contribution in [1.82, 2.24) is 5.32 Å². The first-order valence-corrected chi connectivity index (χ1v) is 5.60. The van der Waals surface area contributed by atoms with Gasteiger partial charge in [-0.15, -0.1) is 0 Å². The molecule has 0 spiro atoms. The number of hydrogen-bond acceptors (Lipinski definition) is 1. The Morgan fingerprint density at radius 1 is 1.40 bits per heavy atom. The Labute approximate surface area is 91.7 Å². The lowest BCUT2D eigenvalue weighted by molar-refractivity contribution is 0.420. The highest BCUT2D eigenvalue weighted by Gasteiger charge is 2.12. The maximum atomic E-state index is 13.1. The van der Waals surface area contributed by atoms with Crippen molar-refractivity contribution < 1.29 is 4.39 Å². The minimum Gasteiger partial charge on any atom is -0.313 e. The zero-order valence-corrected chi connectivity index (χ0v) is 9.76. The van der Waals surface area contributed by atoms with Crippen LogP contribution >= 0.6 is 0 Å². The molecule has 0 bridgehead atoms. The summed E-state index contributed by atoms with van der Waals surface area (Å²) in [5.74, 6) is 0.502. The van der Waals surface area contributed by atoms with Crippen molar-refractivity contribution in [3.8, 4) is 0 Å². The van der Waals surface area contributed by atoms with Crippen molar-refractivity contribution in [2.24, 2.45) is 5.92 Å². The third-order valence-electron chi connectivity index (χ3n) is 2.93. The molecule has 0 radical (unpaired) electrons. The van der Waals surface area contributed by atoms with Crippen LogP contribution in [0.5, 0.6) is 0 Å². The Hall–Kier alpha value is -0.890. The number of rotatable bonds is 5. The van der Waals surface area contributed by atoms with Gasteiger partial charge in [0.05, 0.1) is 0 Å². The number of benzene rings is 1. The van der Waals surface area contributed by atoms with Gasteiger partial charge in [0.25, 0.3) is 0 Å². The fraction of sp³-hybridized carbons (Fsp3) is 0.538. The highest BCUT2D eigenvalue weighted by molar-refractivity contribution is 5.20. The Morgan fingerprint density at radius 3 is 2.67 bits per heavy atom. The van der Waals surface area contributed by atoms with E-state index >= 15 is 0 Å². The molecule has 0 aliphatic heterocycles. The fourth-order valence-electron chi connectivity index (χ4n) is 1.71. The standard InChI is InChI=1S/C13H20FN/c1-4-10(2)8-13(15-3)11-6-5-7-12(14)9-11/h5-7,9-10,13,15H,4,8H2,1-3H3. The molecule has 0 saturated heterocycles. The summed E-state index contributed by atoms with van der Waals surface area (Å²) in [7, 11) is 1.93. The van der Waals surface area contributed by atoms with Crippen molar-refractivity contribution in [3.63, 3.8) is 0 Å². The lowest BCUT2D eigenvalue weighted by atomic mass is 9.94. The van der Waals surface area contributed by atoms with Gasteiger partial charge in [-0.05, 0) is 37.1 Å². The molecule has 1 aromatic carbocycles. The Kier molecular flexibility index (Phi) is 4.76. The third-order valence-corrected chi connectivity index (χ3v) is 2.93. The highest BCUT2D eigenvalue weighted by atomic mass is 19.1. The highest BCUT2D eigenvalue weighted by Crippen LogP contribution is 2.22. The average molecular weight is 209 g/mol. The van der Waals surface area contributed by atoms with Crippen LogP contribution in [0.4, 0.5) is 4.39 Å². The van der Waals surface area contributed by atoms with Crippen LogP contribution < -0.4 is 5.32 Å². The summed E-state index contributed by atoms with van der Waals surface area (Å²) in [5.41, 5.74) is 1.04. The molecule has 1 N–H and O–H groups in total. The zero-order valence-electron chi connectivity index (χ0n) is 9.76. The van der Waals surface area contributed by atoms with Crippen molar-refractivity contribution >= 4 is 0 Å². The molecule has 0 aliphatic rings. The molecule has 2 heteroatoms. The smallest absolute Gasteiger partial charge is 0.123 e. The van der Waals surface area contributed by atoms with Gasteiger partial charge < -0.3 is 5.32 Å². The van der Waals surface area contributed by atoms with Crippen LogP contribution in [0.3, 0.4) is 0 Å². The second kappa shape index (κ2) is 5.86. The van der Waals surface area contributed by atoms with Crippen LogP contribution in [0, 0.1) is 11.7 Å². The SMILES string of the molecule is CCC(C)CC(NC)c1cccc(F)c1. The van der Waals surface area contributed by atoms with Gasteiger partial charge >= 0.3 is 0 Å². The molecule has 1 nitrogen and oxygen atoms in total. The molecule has 0 aliphatic carbocycles. The third kappa shape index (κ3) is 3.63. The first-order valence-electron chi connectivity index (χ1n) is 5.60. The molecule has 0 saturated carbocycles. The van der Waals surface area contributed by atoms with E-state index in [0.29, 0.717) is 5.92 Å². The molecular weight excluding hydrogens is 189 g/mol. The van der Waals surface area contributed by atoms with Gasteiger partial charge in [-0.2, -0.15) is 0 Å². The molecule has 15 heavy (non-hydrogen) atoms. The quantitative estimate of drug-likeness (QED) is 0.782. The molecule has 0 amide bonds. The maximum absolute atomic E-state index is 13.1. The average Bonchev–Trinajstić information content (AvgIpc) is 2.25. The summed E-state index contributed by atoms with van der Waals surface area (Å²) in [5, 5.41) is 3.24. The monoisotopic (exact) mass is 209 g/mol. The summed E-state index contributed by atoms with van der Waals surface area (Å²) >= 11 is 0. The van der Waals surface area contributed by atoms with Crippen molar-refractivity contribution in [1.29, 1.82) is 0 Å². The Balaban J connectivity index is 2.73. The molecule has 0 heterocycles. The second-order valence-corrected chi connectivity index (χ2v) is 4.15. The lowest BCUT2D eigenvalue weighted by Crippen LogP contribution is -2.19. The van der Waals surface area contributed by atoms with Gasteiger partial charge in [0.2, 0.25) is 0 Å². The first-order chi connectivity index (χ1) is 7.17. The van der Waals surface area contributed by atoms with Crippen LogP contribution in [-0.4, -0.2) is 7.05 Å². The lowest BCUT2D eigenvalue weighted by Gasteiger charge is -2.20. The molecule has 0 aromatic heterocycles. The minimum atomic E-state index is -0.156. The Morgan fingerprint density at radius 2 is 2.13 bits per heavy atom. The van der Waals surface area contributed by atoms with E-state index in [0.717, 1.165) is 18.4 Å². The largest absolute Gasteiger partial charge is 0.313 e. The van der Waals surface area contributed by atoms with Gasteiger partial charge in [-0.25, -0.2) is 4.39 Å². The molecule has 2 atom stereocenters. The second-order valence-electron chi connectivity index (χ2n) is 4.15.